The van der Waals surface area contributed by atoms with Gasteiger partial charge >= 0.3 is 0 Å². The molecule has 1 N–H and O–H groups in total. The third-order valence-electron chi connectivity index (χ3n) is 1.98. The number of aromatic amines is 1. The molecular weight excluding hydrogens is 195 g/mol. The molecule has 0 atom stereocenters. The van der Waals surface area contributed by atoms with Gasteiger partial charge in [-0.2, -0.15) is 0 Å². The van der Waals surface area contributed by atoms with E-state index >= 15 is 0 Å². The molecule has 15 heavy (non-hydrogen) atoms. The Morgan fingerprint density at radius 3 is 2.80 bits per heavy atom. The maximum Gasteiger partial charge on any atom is 0.251 e. The topological polar surface area (TPSA) is 45.8 Å². The maximum atomic E-state index is 12.9. The van der Waals surface area contributed by atoms with Gasteiger partial charge in [0.1, 0.15) is 11.6 Å². The summed E-state index contributed by atoms with van der Waals surface area (Å²) in [4.78, 5) is 17.8. The van der Waals surface area contributed by atoms with Crippen LogP contribution in [0.3, 0.4) is 0 Å². The van der Waals surface area contributed by atoms with E-state index in [1.807, 2.05) is 0 Å². The van der Waals surface area contributed by atoms with E-state index in [0.717, 1.165) is 0 Å². The highest BCUT2D eigenvalue weighted by Crippen LogP contribution is 2.15. The van der Waals surface area contributed by atoms with E-state index < -0.39 is 0 Å². The van der Waals surface area contributed by atoms with Crippen LogP contribution >= 0.6 is 0 Å². The summed E-state index contributed by atoms with van der Waals surface area (Å²) in [7, 11) is 0. The van der Waals surface area contributed by atoms with Gasteiger partial charge in [-0.15, -0.1) is 0 Å². The number of halogens is 1. The predicted octanol–water partition coefficient (Wildman–Crippen LogP) is 1.88. The fourth-order valence-corrected chi connectivity index (χ4v) is 1.38. The molecule has 0 radical (unpaired) electrons. The van der Waals surface area contributed by atoms with Crippen molar-refractivity contribution in [2.45, 2.75) is 6.92 Å². The van der Waals surface area contributed by atoms with Crippen molar-refractivity contribution in [3.63, 3.8) is 0 Å². The number of nitrogens with zero attached hydrogens (tertiary/aromatic N) is 1. The molecule has 4 heteroatoms. The Morgan fingerprint density at radius 2 is 2.13 bits per heavy atom. The lowest BCUT2D eigenvalue weighted by atomic mass is 10.1. The zero-order valence-corrected chi connectivity index (χ0v) is 8.12. The number of nitrogens with one attached hydrogen (secondary N) is 1. The van der Waals surface area contributed by atoms with Crippen LogP contribution in [-0.2, 0) is 0 Å². The molecule has 0 aliphatic heterocycles. The largest absolute Gasteiger partial charge is 0.311 e. The van der Waals surface area contributed by atoms with Crippen LogP contribution in [0.4, 0.5) is 4.39 Å². The normalized spacial score (nSPS) is 10.3. The lowest BCUT2D eigenvalue weighted by Gasteiger charge is -2.01. The van der Waals surface area contributed by atoms with Crippen molar-refractivity contribution in [3.8, 4) is 11.3 Å². The SMILES string of the molecule is Cc1nc(-c2cccc(F)c2)cc(=O)[nH]1. The van der Waals surface area contributed by atoms with E-state index in [0.29, 0.717) is 17.1 Å². The van der Waals surface area contributed by atoms with Crippen LogP contribution in [0.1, 0.15) is 5.82 Å². The maximum absolute atomic E-state index is 12.9. The van der Waals surface area contributed by atoms with Gasteiger partial charge in [0.25, 0.3) is 5.56 Å². The highest BCUT2D eigenvalue weighted by atomic mass is 19.1. The molecule has 0 fully saturated rings. The minimum atomic E-state index is -0.341. The van der Waals surface area contributed by atoms with Crippen molar-refractivity contribution in [2.24, 2.45) is 0 Å². The van der Waals surface area contributed by atoms with Crippen molar-refractivity contribution < 1.29 is 4.39 Å². The van der Waals surface area contributed by atoms with Crippen LogP contribution in [0.5, 0.6) is 0 Å². The Kier molecular flexibility index (Phi) is 2.33. The second-order valence-corrected chi connectivity index (χ2v) is 3.23. The molecule has 0 bridgehead atoms. The summed E-state index contributed by atoms with van der Waals surface area (Å²) in [6, 6.07) is 7.35. The number of hydrogen-bond acceptors (Lipinski definition) is 2. The third kappa shape index (κ3) is 2.10. The van der Waals surface area contributed by atoms with Gasteiger partial charge in [-0.1, -0.05) is 12.1 Å². The van der Waals surface area contributed by atoms with Gasteiger partial charge in [-0.3, -0.25) is 4.79 Å². The van der Waals surface area contributed by atoms with Gasteiger partial charge in [0.15, 0.2) is 0 Å². The molecule has 2 aromatic rings. The highest BCUT2D eigenvalue weighted by Gasteiger charge is 2.02. The fraction of sp³-hybridized carbons (Fsp3) is 0.0909. The summed E-state index contributed by atoms with van der Waals surface area (Å²) in [5, 5.41) is 0. The minimum absolute atomic E-state index is 0.234. The van der Waals surface area contributed by atoms with Crippen molar-refractivity contribution in [3.05, 3.63) is 52.3 Å². The molecule has 76 valence electrons. The summed E-state index contributed by atoms with van der Waals surface area (Å²) in [5.41, 5.74) is 0.849. The average molecular weight is 204 g/mol. The van der Waals surface area contributed by atoms with Crippen LogP contribution in [-0.4, -0.2) is 9.97 Å². The van der Waals surface area contributed by atoms with Gasteiger partial charge in [0.2, 0.25) is 0 Å². The smallest absolute Gasteiger partial charge is 0.251 e. The molecule has 3 nitrogen and oxygen atoms in total. The quantitative estimate of drug-likeness (QED) is 0.770. The summed E-state index contributed by atoms with van der Waals surface area (Å²) in [5.74, 6) is 0.175. The standard InChI is InChI=1S/C11H9FN2O/c1-7-13-10(6-11(15)14-7)8-3-2-4-9(12)5-8/h2-6H,1H3,(H,13,14,15). The predicted molar refractivity (Wildman–Crippen MR) is 55.0 cm³/mol. The molecule has 0 unspecified atom stereocenters. The molecule has 0 saturated carbocycles. The Balaban J connectivity index is 2.59. The minimum Gasteiger partial charge on any atom is -0.311 e. The summed E-state index contributed by atoms with van der Waals surface area (Å²) < 4.78 is 12.9. The first kappa shape index (κ1) is 9.58. The van der Waals surface area contributed by atoms with Gasteiger partial charge < -0.3 is 4.98 Å². The molecule has 1 aromatic heterocycles. The molecule has 2 rings (SSSR count). The summed E-state index contributed by atoms with van der Waals surface area (Å²) >= 11 is 0. The number of aryl methyl sites for hydroxylation is 1. The first-order chi connectivity index (χ1) is 7.15. The van der Waals surface area contributed by atoms with E-state index in [1.54, 1.807) is 19.1 Å². The van der Waals surface area contributed by atoms with Crippen molar-refractivity contribution in [1.82, 2.24) is 9.97 Å². The van der Waals surface area contributed by atoms with Crippen LogP contribution < -0.4 is 5.56 Å². The number of aromatic nitrogens is 2. The lowest BCUT2D eigenvalue weighted by Crippen LogP contribution is -2.08. The van der Waals surface area contributed by atoms with Crippen molar-refractivity contribution in [1.29, 1.82) is 0 Å². The van der Waals surface area contributed by atoms with E-state index in [2.05, 4.69) is 9.97 Å². The molecule has 0 spiro atoms. The molecular formula is C11H9FN2O. The van der Waals surface area contributed by atoms with Crippen molar-refractivity contribution in [2.75, 3.05) is 0 Å². The van der Waals surface area contributed by atoms with E-state index in [1.165, 1.54) is 18.2 Å². The summed E-state index contributed by atoms with van der Waals surface area (Å²) in [6.07, 6.45) is 0. The summed E-state index contributed by atoms with van der Waals surface area (Å²) in [6.45, 7) is 1.68. The van der Waals surface area contributed by atoms with Crippen molar-refractivity contribution >= 4 is 0 Å². The molecule has 1 heterocycles. The lowest BCUT2D eigenvalue weighted by molar-refractivity contribution is 0.628. The average Bonchev–Trinajstić information content (AvgIpc) is 2.16. The van der Waals surface area contributed by atoms with Gasteiger partial charge in [0.05, 0.1) is 5.69 Å². The first-order valence-electron chi connectivity index (χ1n) is 4.49. The van der Waals surface area contributed by atoms with Gasteiger partial charge in [-0.05, 0) is 19.1 Å². The van der Waals surface area contributed by atoms with E-state index in [9.17, 15) is 9.18 Å². The Morgan fingerprint density at radius 1 is 1.33 bits per heavy atom. The van der Waals surface area contributed by atoms with E-state index in [-0.39, 0.29) is 11.4 Å². The number of benzene rings is 1. The van der Waals surface area contributed by atoms with Crippen LogP contribution in [0.25, 0.3) is 11.3 Å². The number of rotatable bonds is 1. The van der Waals surface area contributed by atoms with Gasteiger partial charge in [0, 0.05) is 11.6 Å². The number of hydrogen-bond donors (Lipinski definition) is 1. The second kappa shape index (κ2) is 3.65. The molecule has 0 aliphatic rings. The monoisotopic (exact) mass is 204 g/mol. The van der Waals surface area contributed by atoms with Crippen LogP contribution in [0.15, 0.2) is 35.1 Å². The Hall–Kier alpha value is -1.97. The van der Waals surface area contributed by atoms with Crippen LogP contribution in [0, 0.1) is 12.7 Å². The molecule has 1 aromatic carbocycles. The Bertz CT molecular complexity index is 548. The second-order valence-electron chi connectivity index (χ2n) is 3.23. The molecule has 0 saturated heterocycles. The van der Waals surface area contributed by atoms with E-state index in [4.69, 9.17) is 0 Å². The number of H-pyrrole nitrogens is 1. The zero-order chi connectivity index (χ0) is 10.8. The van der Waals surface area contributed by atoms with Gasteiger partial charge in [-0.25, -0.2) is 9.37 Å². The molecule has 0 aliphatic carbocycles. The van der Waals surface area contributed by atoms with Crippen LogP contribution in [0.2, 0.25) is 0 Å². The first-order valence-corrected chi connectivity index (χ1v) is 4.49. The fourth-order valence-electron chi connectivity index (χ4n) is 1.38. The Labute approximate surface area is 85.6 Å². The zero-order valence-electron chi connectivity index (χ0n) is 8.12. The molecule has 0 amide bonds. The third-order valence-corrected chi connectivity index (χ3v) is 1.98. The highest BCUT2D eigenvalue weighted by molar-refractivity contribution is 5.58.